The fraction of sp³-hybridized carbons (Fsp3) is 0.500. The summed E-state index contributed by atoms with van der Waals surface area (Å²) in [6.45, 7) is 6.98. The minimum absolute atomic E-state index is 0.0595. The summed E-state index contributed by atoms with van der Waals surface area (Å²) in [5, 5.41) is 2.81. The minimum atomic E-state index is -0.595. The van der Waals surface area contributed by atoms with Crippen molar-refractivity contribution >= 4 is 5.97 Å². The summed E-state index contributed by atoms with van der Waals surface area (Å²) < 4.78 is 31.5. The highest BCUT2D eigenvalue weighted by atomic mass is 19.1. The fourth-order valence-electron chi connectivity index (χ4n) is 1.42. The summed E-state index contributed by atoms with van der Waals surface area (Å²) in [5.74, 6) is -1.45. The highest BCUT2D eigenvalue weighted by Gasteiger charge is 2.21. The molecule has 0 saturated carbocycles. The molecule has 106 valence electrons. The molecule has 3 nitrogen and oxygen atoms in total. The Kier molecular flexibility index (Phi) is 5.00. The first-order chi connectivity index (χ1) is 8.69. The van der Waals surface area contributed by atoms with Gasteiger partial charge in [-0.25, -0.2) is 8.78 Å². The van der Waals surface area contributed by atoms with Gasteiger partial charge in [0.2, 0.25) is 0 Å². The topological polar surface area (TPSA) is 38.3 Å². The molecule has 0 spiro atoms. The number of benzene rings is 1. The molecule has 0 aliphatic heterocycles. The van der Waals surface area contributed by atoms with E-state index in [1.165, 1.54) is 0 Å². The van der Waals surface area contributed by atoms with Crippen LogP contribution in [0.15, 0.2) is 18.2 Å². The Morgan fingerprint density at radius 2 is 2.00 bits per heavy atom. The third kappa shape index (κ3) is 5.34. The van der Waals surface area contributed by atoms with Gasteiger partial charge in [0.15, 0.2) is 0 Å². The molecule has 1 atom stereocenters. The van der Waals surface area contributed by atoms with E-state index < -0.39 is 29.2 Å². The average Bonchev–Trinajstić information content (AvgIpc) is 2.27. The Morgan fingerprint density at radius 3 is 2.58 bits per heavy atom. The highest BCUT2D eigenvalue weighted by molar-refractivity contribution is 5.75. The van der Waals surface area contributed by atoms with Crippen molar-refractivity contribution in [1.29, 1.82) is 0 Å². The third-order valence-corrected chi connectivity index (χ3v) is 2.37. The maximum atomic E-state index is 13.4. The largest absolute Gasteiger partial charge is 0.459 e. The molecule has 1 aromatic rings. The maximum Gasteiger partial charge on any atom is 0.323 e. The van der Waals surface area contributed by atoms with Gasteiger partial charge in [0.05, 0.1) is 0 Å². The van der Waals surface area contributed by atoms with Gasteiger partial charge in [-0.05, 0) is 45.9 Å². The van der Waals surface area contributed by atoms with Crippen LogP contribution in [-0.2, 0) is 16.1 Å². The molecule has 1 rings (SSSR count). The van der Waals surface area contributed by atoms with Crippen molar-refractivity contribution < 1.29 is 18.3 Å². The van der Waals surface area contributed by atoms with Gasteiger partial charge >= 0.3 is 5.97 Å². The molecule has 5 heteroatoms. The van der Waals surface area contributed by atoms with Crippen LogP contribution in [0.1, 0.15) is 33.3 Å². The molecule has 1 aromatic carbocycles. The van der Waals surface area contributed by atoms with Crippen LogP contribution in [0.5, 0.6) is 0 Å². The molecule has 0 bridgehead atoms. The zero-order valence-corrected chi connectivity index (χ0v) is 11.6. The molecule has 0 aromatic heterocycles. The molecule has 0 amide bonds. The van der Waals surface area contributed by atoms with Crippen molar-refractivity contribution in [2.45, 2.75) is 45.9 Å². The summed E-state index contributed by atoms with van der Waals surface area (Å²) in [6, 6.07) is 2.62. The quantitative estimate of drug-likeness (QED) is 0.856. The number of halogens is 2. The van der Waals surface area contributed by atoms with Crippen LogP contribution in [0.4, 0.5) is 8.78 Å². The Labute approximate surface area is 112 Å². The highest BCUT2D eigenvalue weighted by Crippen LogP contribution is 2.11. The van der Waals surface area contributed by atoms with Crippen molar-refractivity contribution in [3.05, 3.63) is 35.4 Å². The smallest absolute Gasteiger partial charge is 0.323 e. The van der Waals surface area contributed by atoms with E-state index in [9.17, 15) is 13.6 Å². The predicted octanol–water partition coefficient (Wildman–Crippen LogP) is 2.78. The molecule has 1 N–H and O–H groups in total. The summed E-state index contributed by atoms with van der Waals surface area (Å²) in [5.41, 5.74) is -0.396. The SMILES string of the molecule is CC(NCc1cc(F)ccc1F)C(=O)OC(C)(C)C. The van der Waals surface area contributed by atoms with E-state index in [1.54, 1.807) is 27.7 Å². The lowest BCUT2D eigenvalue weighted by atomic mass is 10.2. The third-order valence-electron chi connectivity index (χ3n) is 2.37. The predicted molar refractivity (Wildman–Crippen MR) is 68.5 cm³/mol. The minimum Gasteiger partial charge on any atom is -0.459 e. The standard InChI is InChI=1S/C14H19F2NO2/c1-9(13(18)19-14(2,3)4)17-8-10-7-11(15)5-6-12(10)16/h5-7,9,17H,8H2,1-4H3. The fourth-order valence-corrected chi connectivity index (χ4v) is 1.42. The molecule has 1 unspecified atom stereocenters. The summed E-state index contributed by atoms with van der Waals surface area (Å²) in [6.07, 6.45) is 0. The van der Waals surface area contributed by atoms with Crippen molar-refractivity contribution in [2.75, 3.05) is 0 Å². The lowest BCUT2D eigenvalue weighted by Gasteiger charge is -2.22. The second kappa shape index (κ2) is 6.10. The Balaban J connectivity index is 2.56. The summed E-state index contributed by atoms with van der Waals surface area (Å²) in [7, 11) is 0. The Hall–Kier alpha value is -1.49. The van der Waals surface area contributed by atoms with E-state index in [-0.39, 0.29) is 12.1 Å². The van der Waals surface area contributed by atoms with Crippen molar-refractivity contribution in [2.24, 2.45) is 0 Å². The van der Waals surface area contributed by atoms with E-state index in [0.717, 1.165) is 18.2 Å². The Bertz CT molecular complexity index is 455. The molecule has 0 aliphatic carbocycles. The van der Waals surface area contributed by atoms with E-state index in [4.69, 9.17) is 4.74 Å². The zero-order chi connectivity index (χ0) is 14.6. The second-order valence-corrected chi connectivity index (χ2v) is 5.37. The van der Waals surface area contributed by atoms with E-state index in [2.05, 4.69) is 5.32 Å². The van der Waals surface area contributed by atoms with Gasteiger partial charge in [0, 0.05) is 12.1 Å². The van der Waals surface area contributed by atoms with Crippen LogP contribution in [0.25, 0.3) is 0 Å². The summed E-state index contributed by atoms with van der Waals surface area (Å²) >= 11 is 0. The normalized spacial score (nSPS) is 13.2. The number of carbonyl (C=O) groups is 1. The van der Waals surface area contributed by atoms with Crippen LogP contribution in [0, 0.1) is 11.6 Å². The van der Waals surface area contributed by atoms with Crippen LogP contribution in [0.2, 0.25) is 0 Å². The first-order valence-corrected chi connectivity index (χ1v) is 6.09. The van der Waals surface area contributed by atoms with Gasteiger partial charge in [-0.15, -0.1) is 0 Å². The van der Waals surface area contributed by atoms with E-state index in [1.807, 2.05) is 0 Å². The van der Waals surface area contributed by atoms with Gasteiger partial charge in [-0.2, -0.15) is 0 Å². The Morgan fingerprint density at radius 1 is 1.37 bits per heavy atom. The van der Waals surface area contributed by atoms with Crippen LogP contribution in [-0.4, -0.2) is 17.6 Å². The second-order valence-electron chi connectivity index (χ2n) is 5.37. The van der Waals surface area contributed by atoms with Crippen LogP contribution in [0.3, 0.4) is 0 Å². The van der Waals surface area contributed by atoms with Crippen LogP contribution >= 0.6 is 0 Å². The van der Waals surface area contributed by atoms with Gasteiger partial charge in [-0.3, -0.25) is 4.79 Å². The summed E-state index contributed by atoms with van der Waals surface area (Å²) in [4.78, 5) is 11.7. The van der Waals surface area contributed by atoms with Crippen molar-refractivity contribution in [3.63, 3.8) is 0 Å². The van der Waals surface area contributed by atoms with Gasteiger partial charge in [-0.1, -0.05) is 0 Å². The number of hydrogen-bond acceptors (Lipinski definition) is 3. The number of carbonyl (C=O) groups excluding carboxylic acids is 1. The number of rotatable bonds is 4. The van der Waals surface area contributed by atoms with Gasteiger partial charge in [0.1, 0.15) is 23.3 Å². The molecule has 0 saturated heterocycles. The van der Waals surface area contributed by atoms with Gasteiger partial charge < -0.3 is 10.1 Å². The number of nitrogens with one attached hydrogen (secondary N) is 1. The average molecular weight is 271 g/mol. The van der Waals surface area contributed by atoms with Crippen LogP contribution < -0.4 is 5.32 Å². The number of hydrogen-bond donors (Lipinski definition) is 1. The van der Waals surface area contributed by atoms with E-state index >= 15 is 0 Å². The first kappa shape index (κ1) is 15.6. The van der Waals surface area contributed by atoms with Crippen molar-refractivity contribution in [1.82, 2.24) is 5.32 Å². The lowest BCUT2D eigenvalue weighted by molar-refractivity contribution is -0.157. The van der Waals surface area contributed by atoms with E-state index in [0.29, 0.717) is 0 Å². The molecular weight excluding hydrogens is 252 g/mol. The molecule has 0 heterocycles. The van der Waals surface area contributed by atoms with Crippen molar-refractivity contribution in [3.8, 4) is 0 Å². The number of esters is 1. The molecule has 0 aliphatic rings. The molecular formula is C14H19F2NO2. The zero-order valence-electron chi connectivity index (χ0n) is 11.6. The molecule has 0 radical (unpaired) electrons. The first-order valence-electron chi connectivity index (χ1n) is 6.09. The number of ether oxygens (including phenoxy) is 1. The lowest BCUT2D eigenvalue weighted by Crippen LogP contribution is -2.39. The monoisotopic (exact) mass is 271 g/mol. The molecule has 19 heavy (non-hydrogen) atoms. The molecule has 0 fully saturated rings. The maximum absolute atomic E-state index is 13.4. The van der Waals surface area contributed by atoms with Gasteiger partial charge in [0.25, 0.3) is 0 Å².